The standard InChI is InChI=1S/C14H10BrClO4S/c15-13-6-5-11(7-12(13)14(17)18)21(19,20)8-9-1-3-10(16)4-2-9/h1-7H,8H2,(H,17,18). The van der Waals surface area contributed by atoms with E-state index in [0.29, 0.717) is 15.1 Å². The summed E-state index contributed by atoms with van der Waals surface area (Å²) in [5.41, 5.74) is 0.492. The van der Waals surface area contributed by atoms with Crippen molar-refractivity contribution in [2.75, 3.05) is 0 Å². The average Bonchev–Trinajstić information content (AvgIpc) is 2.41. The van der Waals surface area contributed by atoms with Crippen LogP contribution in [0.15, 0.2) is 51.8 Å². The minimum atomic E-state index is -3.63. The Labute approximate surface area is 135 Å². The Morgan fingerprint density at radius 2 is 1.76 bits per heavy atom. The Morgan fingerprint density at radius 1 is 1.14 bits per heavy atom. The zero-order valence-electron chi connectivity index (χ0n) is 10.6. The van der Waals surface area contributed by atoms with Gasteiger partial charge in [-0.1, -0.05) is 23.7 Å². The number of aromatic carboxylic acids is 1. The Bertz CT molecular complexity index is 785. The fraction of sp³-hybridized carbons (Fsp3) is 0.0714. The maximum atomic E-state index is 12.3. The molecule has 0 spiro atoms. The number of sulfone groups is 1. The van der Waals surface area contributed by atoms with E-state index < -0.39 is 15.8 Å². The molecule has 2 rings (SSSR count). The lowest BCUT2D eigenvalue weighted by Crippen LogP contribution is -2.07. The molecule has 0 atom stereocenters. The van der Waals surface area contributed by atoms with Gasteiger partial charge in [-0.05, 0) is 51.8 Å². The smallest absolute Gasteiger partial charge is 0.336 e. The van der Waals surface area contributed by atoms with Crippen LogP contribution in [0.3, 0.4) is 0 Å². The molecule has 2 aromatic rings. The second-order valence-electron chi connectivity index (χ2n) is 4.33. The number of carboxylic acid groups (broad SMARTS) is 1. The molecule has 0 aliphatic carbocycles. The van der Waals surface area contributed by atoms with Crippen LogP contribution in [-0.4, -0.2) is 19.5 Å². The summed E-state index contributed by atoms with van der Waals surface area (Å²) in [6.45, 7) is 0. The first kappa shape index (κ1) is 16.0. The topological polar surface area (TPSA) is 71.4 Å². The van der Waals surface area contributed by atoms with Crippen LogP contribution in [0.25, 0.3) is 0 Å². The highest BCUT2D eigenvalue weighted by atomic mass is 79.9. The fourth-order valence-electron chi connectivity index (χ4n) is 1.75. The summed E-state index contributed by atoms with van der Waals surface area (Å²) in [6, 6.07) is 10.4. The van der Waals surface area contributed by atoms with Gasteiger partial charge in [0.2, 0.25) is 0 Å². The van der Waals surface area contributed by atoms with E-state index >= 15 is 0 Å². The summed E-state index contributed by atoms with van der Waals surface area (Å²) in [5.74, 6) is -1.41. The monoisotopic (exact) mass is 388 g/mol. The van der Waals surface area contributed by atoms with E-state index in [-0.39, 0.29) is 16.2 Å². The van der Waals surface area contributed by atoms with Crippen LogP contribution in [0.2, 0.25) is 5.02 Å². The van der Waals surface area contributed by atoms with Crippen LogP contribution in [0.1, 0.15) is 15.9 Å². The lowest BCUT2D eigenvalue weighted by atomic mass is 10.2. The van der Waals surface area contributed by atoms with Crippen molar-refractivity contribution in [1.29, 1.82) is 0 Å². The molecule has 0 fully saturated rings. The molecule has 21 heavy (non-hydrogen) atoms. The molecule has 0 bridgehead atoms. The molecule has 0 unspecified atom stereocenters. The van der Waals surface area contributed by atoms with Gasteiger partial charge in [0.1, 0.15) is 0 Å². The number of hydrogen-bond acceptors (Lipinski definition) is 3. The van der Waals surface area contributed by atoms with Crippen molar-refractivity contribution in [3.05, 3.63) is 63.1 Å². The number of carboxylic acids is 1. The van der Waals surface area contributed by atoms with Gasteiger partial charge in [-0.25, -0.2) is 13.2 Å². The highest BCUT2D eigenvalue weighted by Gasteiger charge is 2.19. The summed E-state index contributed by atoms with van der Waals surface area (Å²) < 4.78 is 25.0. The second-order valence-corrected chi connectivity index (χ2v) is 7.61. The Kier molecular flexibility index (Phi) is 4.70. The molecular weight excluding hydrogens is 380 g/mol. The minimum absolute atomic E-state index is 0.0296. The first-order valence-corrected chi connectivity index (χ1v) is 8.62. The van der Waals surface area contributed by atoms with Crippen molar-refractivity contribution in [3.8, 4) is 0 Å². The molecule has 4 nitrogen and oxygen atoms in total. The van der Waals surface area contributed by atoms with Crippen LogP contribution >= 0.6 is 27.5 Å². The first-order chi connectivity index (χ1) is 9.79. The highest BCUT2D eigenvalue weighted by molar-refractivity contribution is 9.10. The van der Waals surface area contributed by atoms with Gasteiger partial charge in [0.15, 0.2) is 9.84 Å². The molecule has 0 radical (unpaired) electrons. The molecular formula is C14H10BrClO4S. The number of hydrogen-bond donors (Lipinski definition) is 1. The van der Waals surface area contributed by atoms with Crippen molar-refractivity contribution in [1.82, 2.24) is 0 Å². The van der Waals surface area contributed by atoms with Gasteiger partial charge < -0.3 is 5.11 Å². The predicted octanol–water partition coefficient (Wildman–Crippen LogP) is 3.77. The summed E-state index contributed by atoms with van der Waals surface area (Å²) in [4.78, 5) is 11.0. The van der Waals surface area contributed by atoms with Crippen molar-refractivity contribution >= 4 is 43.3 Å². The van der Waals surface area contributed by atoms with Crippen LogP contribution in [0.4, 0.5) is 0 Å². The summed E-state index contributed by atoms with van der Waals surface area (Å²) in [5, 5.41) is 9.56. The lowest BCUT2D eigenvalue weighted by Gasteiger charge is -2.07. The third-order valence-electron chi connectivity index (χ3n) is 2.80. The molecule has 0 aliphatic rings. The zero-order chi connectivity index (χ0) is 15.6. The number of halogens is 2. The largest absolute Gasteiger partial charge is 0.478 e. The number of rotatable bonds is 4. The van der Waals surface area contributed by atoms with E-state index in [9.17, 15) is 13.2 Å². The van der Waals surface area contributed by atoms with E-state index in [4.69, 9.17) is 16.7 Å². The zero-order valence-corrected chi connectivity index (χ0v) is 13.7. The molecule has 0 aromatic heterocycles. The Hall–Kier alpha value is -1.37. The van der Waals surface area contributed by atoms with Gasteiger partial charge in [0.05, 0.1) is 16.2 Å². The van der Waals surface area contributed by atoms with Crippen LogP contribution in [0.5, 0.6) is 0 Å². The normalized spacial score (nSPS) is 11.3. The van der Waals surface area contributed by atoms with E-state index in [1.807, 2.05) is 0 Å². The average molecular weight is 390 g/mol. The molecule has 0 saturated carbocycles. The molecule has 0 aliphatic heterocycles. The first-order valence-electron chi connectivity index (χ1n) is 5.79. The third kappa shape index (κ3) is 3.84. The number of carbonyl (C=O) groups is 1. The summed E-state index contributed by atoms with van der Waals surface area (Å²) in [7, 11) is -3.63. The van der Waals surface area contributed by atoms with Crippen molar-refractivity contribution in [3.63, 3.8) is 0 Å². The molecule has 0 saturated heterocycles. The van der Waals surface area contributed by atoms with Crippen LogP contribution in [0, 0.1) is 0 Å². The van der Waals surface area contributed by atoms with Gasteiger partial charge >= 0.3 is 5.97 Å². The number of benzene rings is 2. The van der Waals surface area contributed by atoms with Gasteiger partial charge in [0.25, 0.3) is 0 Å². The third-order valence-corrected chi connectivity index (χ3v) is 5.43. The van der Waals surface area contributed by atoms with Gasteiger partial charge in [-0.3, -0.25) is 0 Å². The van der Waals surface area contributed by atoms with E-state index in [1.165, 1.54) is 12.1 Å². The second kappa shape index (κ2) is 6.17. The van der Waals surface area contributed by atoms with Crippen molar-refractivity contribution in [2.45, 2.75) is 10.6 Å². The lowest BCUT2D eigenvalue weighted by molar-refractivity contribution is 0.0695. The van der Waals surface area contributed by atoms with Crippen LogP contribution in [-0.2, 0) is 15.6 Å². The van der Waals surface area contributed by atoms with E-state index in [0.717, 1.165) is 6.07 Å². The Balaban J connectivity index is 2.38. The molecule has 0 heterocycles. The van der Waals surface area contributed by atoms with Crippen molar-refractivity contribution < 1.29 is 18.3 Å². The van der Waals surface area contributed by atoms with Gasteiger partial charge in [-0.2, -0.15) is 0 Å². The highest BCUT2D eigenvalue weighted by Crippen LogP contribution is 2.24. The fourth-order valence-corrected chi connectivity index (χ4v) is 3.66. The van der Waals surface area contributed by atoms with Crippen molar-refractivity contribution in [2.24, 2.45) is 0 Å². The molecule has 2 aromatic carbocycles. The molecule has 1 N–H and O–H groups in total. The molecule has 0 amide bonds. The SMILES string of the molecule is O=C(O)c1cc(S(=O)(=O)Cc2ccc(Cl)cc2)ccc1Br. The Morgan fingerprint density at radius 3 is 2.33 bits per heavy atom. The summed E-state index contributed by atoms with van der Waals surface area (Å²) >= 11 is 8.84. The van der Waals surface area contributed by atoms with E-state index in [1.54, 1.807) is 24.3 Å². The van der Waals surface area contributed by atoms with E-state index in [2.05, 4.69) is 15.9 Å². The molecule has 7 heteroatoms. The maximum Gasteiger partial charge on any atom is 0.336 e. The van der Waals surface area contributed by atoms with Gasteiger partial charge in [-0.15, -0.1) is 0 Å². The van der Waals surface area contributed by atoms with Gasteiger partial charge in [0, 0.05) is 9.50 Å². The molecule has 110 valence electrons. The summed E-state index contributed by atoms with van der Waals surface area (Å²) in [6.07, 6.45) is 0. The quantitative estimate of drug-likeness (QED) is 0.864. The maximum absolute atomic E-state index is 12.3. The van der Waals surface area contributed by atoms with Crippen LogP contribution < -0.4 is 0 Å². The predicted molar refractivity (Wildman–Crippen MR) is 83.4 cm³/mol. The minimum Gasteiger partial charge on any atom is -0.478 e.